The Morgan fingerprint density at radius 2 is 1.85 bits per heavy atom. The van der Waals surface area contributed by atoms with E-state index in [2.05, 4.69) is 6.92 Å². The molecule has 0 radical (unpaired) electrons. The lowest BCUT2D eigenvalue weighted by Gasteiger charge is -2.55. The van der Waals surface area contributed by atoms with E-state index < -0.39 is 0 Å². The van der Waals surface area contributed by atoms with Crippen molar-refractivity contribution in [3.05, 3.63) is 0 Å². The molecule has 2 nitrogen and oxygen atoms in total. The van der Waals surface area contributed by atoms with Gasteiger partial charge in [0, 0.05) is 12.8 Å². The molecule has 20 heavy (non-hydrogen) atoms. The summed E-state index contributed by atoms with van der Waals surface area (Å²) < 4.78 is 0. The maximum Gasteiger partial charge on any atom is 0.133 e. The van der Waals surface area contributed by atoms with Crippen LogP contribution in [0.15, 0.2) is 0 Å². The van der Waals surface area contributed by atoms with Crippen LogP contribution >= 0.6 is 0 Å². The molecule has 0 aliphatic heterocycles. The van der Waals surface area contributed by atoms with Crippen LogP contribution in [0.2, 0.25) is 0 Å². The van der Waals surface area contributed by atoms with Crippen molar-refractivity contribution in [2.75, 3.05) is 0 Å². The molecule has 0 aromatic heterocycles. The summed E-state index contributed by atoms with van der Waals surface area (Å²) in [6.07, 6.45) is 10.2. The summed E-state index contributed by atoms with van der Waals surface area (Å²) in [5.74, 6) is 4.52. The molecule has 4 aliphatic rings. The van der Waals surface area contributed by atoms with E-state index in [9.17, 15) is 9.90 Å². The summed E-state index contributed by atoms with van der Waals surface area (Å²) in [5, 5.41) is 10.4. The number of hydrogen-bond acceptors (Lipinski definition) is 2. The van der Waals surface area contributed by atoms with Gasteiger partial charge in [-0.05, 0) is 80.0 Å². The fourth-order valence-electron chi connectivity index (χ4n) is 6.63. The molecule has 112 valence electrons. The first-order chi connectivity index (χ1) is 9.59. The molecule has 2 heteroatoms. The van der Waals surface area contributed by atoms with E-state index in [1.807, 2.05) is 0 Å². The van der Waals surface area contributed by atoms with Gasteiger partial charge >= 0.3 is 0 Å². The molecule has 4 fully saturated rings. The first kappa shape index (κ1) is 13.3. The second kappa shape index (κ2) is 4.56. The van der Waals surface area contributed by atoms with Gasteiger partial charge in [-0.3, -0.25) is 4.79 Å². The number of Topliss-reactive ketones (excluding diaryl/α,β-unsaturated/α-hetero) is 1. The lowest BCUT2D eigenvalue weighted by atomic mass is 9.50. The molecule has 0 aromatic carbocycles. The first-order valence-corrected chi connectivity index (χ1v) is 8.79. The van der Waals surface area contributed by atoms with Gasteiger partial charge in [0.05, 0.1) is 6.10 Å². The minimum atomic E-state index is -0.0564. The molecule has 0 amide bonds. The third-order valence-corrected chi connectivity index (χ3v) is 7.72. The van der Waals surface area contributed by atoms with Crippen LogP contribution in [0.3, 0.4) is 0 Å². The molecule has 4 aliphatic carbocycles. The van der Waals surface area contributed by atoms with Crippen molar-refractivity contribution in [3.63, 3.8) is 0 Å². The minimum absolute atomic E-state index is 0.0564. The van der Waals surface area contributed by atoms with Gasteiger partial charge in [-0.1, -0.05) is 6.92 Å². The van der Waals surface area contributed by atoms with E-state index in [1.165, 1.54) is 32.1 Å². The van der Waals surface area contributed by atoms with Gasteiger partial charge in [0.15, 0.2) is 0 Å². The molecule has 0 saturated heterocycles. The van der Waals surface area contributed by atoms with Gasteiger partial charge < -0.3 is 5.11 Å². The smallest absolute Gasteiger partial charge is 0.133 e. The van der Waals surface area contributed by atoms with E-state index in [0.29, 0.717) is 11.7 Å². The van der Waals surface area contributed by atoms with Crippen LogP contribution in [0.1, 0.15) is 64.7 Å². The highest BCUT2D eigenvalue weighted by molar-refractivity contribution is 5.79. The molecule has 0 heterocycles. The van der Waals surface area contributed by atoms with Crippen LogP contribution in [0.25, 0.3) is 0 Å². The Kier molecular flexibility index (Phi) is 3.03. The molecule has 4 rings (SSSR count). The van der Waals surface area contributed by atoms with Crippen LogP contribution < -0.4 is 0 Å². The maximum atomic E-state index is 11.7. The number of hydrogen-bond donors (Lipinski definition) is 1. The van der Waals surface area contributed by atoms with Crippen molar-refractivity contribution < 1.29 is 9.90 Å². The van der Waals surface area contributed by atoms with Gasteiger partial charge in [-0.15, -0.1) is 0 Å². The van der Waals surface area contributed by atoms with Crippen LogP contribution in [-0.2, 0) is 4.79 Å². The highest BCUT2D eigenvalue weighted by Gasteiger charge is 2.56. The minimum Gasteiger partial charge on any atom is -0.393 e. The Hall–Kier alpha value is -0.370. The van der Waals surface area contributed by atoms with E-state index in [4.69, 9.17) is 0 Å². The number of carbonyl (C=O) groups is 1. The highest BCUT2D eigenvalue weighted by Crippen LogP contribution is 2.62. The predicted molar refractivity (Wildman–Crippen MR) is 78.1 cm³/mol. The zero-order valence-electron chi connectivity index (χ0n) is 12.7. The molecule has 0 unspecified atom stereocenters. The Morgan fingerprint density at radius 1 is 1.00 bits per heavy atom. The molecule has 4 saturated carbocycles. The number of fused-ring (bicyclic) bond motifs is 5. The lowest BCUT2D eigenvalue weighted by molar-refractivity contribution is -0.128. The number of carbonyl (C=O) groups excluding carboxylic acids is 1. The molecular formula is C18H28O2. The zero-order valence-corrected chi connectivity index (χ0v) is 12.7. The van der Waals surface area contributed by atoms with Crippen molar-refractivity contribution >= 4 is 5.78 Å². The largest absolute Gasteiger partial charge is 0.393 e. The normalized spacial score (nSPS) is 55.0. The third kappa shape index (κ3) is 1.76. The number of aliphatic hydroxyl groups excluding tert-OH is 1. The summed E-state index contributed by atoms with van der Waals surface area (Å²) in [5.41, 5.74) is 0.207. The fourth-order valence-corrected chi connectivity index (χ4v) is 6.63. The Morgan fingerprint density at radius 3 is 2.70 bits per heavy atom. The van der Waals surface area contributed by atoms with Crippen molar-refractivity contribution in [1.29, 1.82) is 0 Å². The Balaban J connectivity index is 1.58. The standard InChI is InChI=1S/C18H28O2/c1-18-9-8-14-13-5-3-12(19)10-11(13)2-4-15(14)16(18)6-7-17(18)20/h11,13-17,20H,2-10H2,1H3/t11-,13+,14-,15-,16-,17+,18+/m1/s1. The molecule has 0 spiro atoms. The third-order valence-electron chi connectivity index (χ3n) is 7.72. The average molecular weight is 276 g/mol. The second-order valence-electron chi connectivity index (χ2n) is 8.35. The Bertz CT molecular complexity index is 418. The highest BCUT2D eigenvalue weighted by atomic mass is 16.3. The second-order valence-corrected chi connectivity index (χ2v) is 8.35. The van der Waals surface area contributed by atoms with E-state index in [-0.39, 0.29) is 11.5 Å². The van der Waals surface area contributed by atoms with Gasteiger partial charge in [-0.25, -0.2) is 0 Å². The predicted octanol–water partition coefficient (Wildman–Crippen LogP) is 3.57. The summed E-state index contributed by atoms with van der Waals surface area (Å²) in [6, 6.07) is 0. The Labute approximate surface area is 122 Å². The van der Waals surface area contributed by atoms with Crippen LogP contribution in [0.5, 0.6) is 0 Å². The fraction of sp³-hybridized carbons (Fsp3) is 0.944. The SMILES string of the molecule is C[C@]12CC[C@H]3[C@@H](CC[C@@H]4CC(=O)CC[C@@H]43)[C@H]1CC[C@@H]2O. The van der Waals surface area contributed by atoms with Crippen LogP contribution in [-0.4, -0.2) is 17.0 Å². The summed E-state index contributed by atoms with van der Waals surface area (Å²) >= 11 is 0. The molecule has 1 N–H and O–H groups in total. The van der Waals surface area contributed by atoms with Crippen molar-refractivity contribution in [2.45, 2.75) is 70.8 Å². The first-order valence-electron chi connectivity index (χ1n) is 8.79. The maximum absolute atomic E-state index is 11.7. The average Bonchev–Trinajstić information content (AvgIpc) is 2.74. The van der Waals surface area contributed by atoms with E-state index in [0.717, 1.165) is 49.4 Å². The van der Waals surface area contributed by atoms with E-state index in [1.54, 1.807) is 0 Å². The molecule has 0 aromatic rings. The van der Waals surface area contributed by atoms with Gasteiger partial charge in [0.25, 0.3) is 0 Å². The summed E-state index contributed by atoms with van der Waals surface area (Å²) in [4.78, 5) is 11.7. The lowest BCUT2D eigenvalue weighted by Crippen LogP contribution is -2.49. The van der Waals surface area contributed by atoms with Crippen molar-refractivity contribution in [3.8, 4) is 0 Å². The quantitative estimate of drug-likeness (QED) is 0.734. The van der Waals surface area contributed by atoms with Crippen LogP contribution in [0, 0.1) is 35.0 Å². The topological polar surface area (TPSA) is 37.3 Å². The van der Waals surface area contributed by atoms with Gasteiger partial charge in [-0.2, -0.15) is 0 Å². The molecule has 0 bridgehead atoms. The number of rotatable bonds is 0. The summed E-state index contributed by atoms with van der Waals surface area (Å²) in [7, 11) is 0. The van der Waals surface area contributed by atoms with E-state index >= 15 is 0 Å². The molecule has 7 atom stereocenters. The monoisotopic (exact) mass is 276 g/mol. The van der Waals surface area contributed by atoms with Crippen molar-refractivity contribution in [1.82, 2.24) is 0 Å². The molecular weight excluding hydrogens is 248 g/mol. The van der Waals surface area contributed by atoms with Gasteiger partial charge in [0.1, 0.15) is 5.78 Å². The zero-order chi connectivity index (χ0) is 13.9. The summed E-state index contributed by atoms with van der Waals surface area (Å²) in [6.45, 7) is 2.35. The number of aliphatic hydroxyl groups is 1. The van der Waals surface area contributed by atoms with Crippen LogP contribution in [0.4, 0.5) is 0 Å². The van der Waals surface area contributed by atoms with Crippen molar-refractivity contribution in [2.24, 2.45) is 35.0 Å². The van der Waals surface area contributed by atoms with Gasteiger partial charge in [0.2, 0.25) is 0 Å². The number of ketones is 1.